The molecule has 0 fully saturated rings. The molecule has 0 aromatic carbocycles. The van der Waals surface area contributed by atoms with E-state index in [0.717, 1.165) is 12.8 Å². The van der Waals surface area contributed by atoms with Crippen LogP contribution >= 0.6 is 0 Å². The van der Waals surface area contributed by atoms with Gasteiger partial charge in [0.25, 0.3) is 0 Å². The lowest BCUT2D eigenvalue weighted by molar-refractivity contribution is -0.150. The molecule has 0 bridgehead atoms. The van der Waals surface area contributed by atoms with Crippen molar-refractivity contribution in [3.8, 4) is 0 Å². The fourth-order valence-electron chi connectivity index (χ4n) is 1.63. The van der Waals surface area contributed by atoms with Gasteiger partial charge in [-0.05, 0) is 26.3 Å². The molecule has 7 nitrogen and oxygen atoms in total. The highest BCUT2D eigenvalue weighted by Crippen LogP contribution is 1.98. The van der Waals surface area contributed by atoms with Gasteiger partial charge in [-0.1, -0.05) is 13.5 Å². The lowest BCUT2D eigenvalue weighted by atomic mass is 10.1. The van der Waals surface area contributed by atoms with Crippen LogP contribution in [0, 0.1) is 0 Å². The molecule has 0 amide bonds. The molecule has 0 aromatic rings. The number of nitrogens with two attached hydrogens (primary N) is 1. The normalized spacial score (nSPS) is 13.3. The van der Waals surface area contributed by atoms with Crippen LogP contribution in [0.2, 0.25) is 0 Å². The molecule has 22 heavy (non-hydrogen) atoms. The van der Waals surface area contributed by atoms with Crippen molar-refractivity contribution in [2.24, 2.45) is 5.73 Å². The molecule has 0 spiro atoms. The number of rotatable bonds is 12. The van der Waals surface area contributed by atoms with E-state index in [4.69, 9.17) is 15.2 Å². The van der Waals surface area contributed by atoms with Crippen molar-refractivity contribution in [1.29, 1.82) is 0 Å². The van der Waals surface area contributed by atoms with Gasteiger partial charge in [-0.15, -0.1) is 0 Å². The summed E-state index contributed by atoms with van der Waals surface area (Å²) >= 11 is 0. The van der Waals surface area contributed by atoms with Crippen LogP contribution in [0.3, 0.4) is 0 Å². The summed E-state index contributed by atoms with van der Waals surface area (Å²) in [5, 5.41) is 12.8. The number of aliphatic hydroxyl groups excluding tert-OH is 1. The molecular formula is C15H28N2O5. The van der Waals surface area contributed by atoms with Gasteiger partial charge in [0.05, 0.1) is 6.42 Å². The maximum atomic E-state index is 11.5. The van der Waals surface area contributed by atoms with Gasteiger partial charge in [0.2, 0.25) is 0 Å². The zero-order valence-electron chi connectivity index (χ0n) is 13.5. The standard InChI is InChI=1S/C15H28N2O5/c1-4-12(5-7-16)17-8-6-14(19)21-9-13(18)10-22-15(20)11(2)3/h12-13,17-18H,2,4-10,16H2,1,3H3. The Balaban J connectivity index is 3.75. The molecule has 0 rings (SSSR count). The average molecular weight is 316 g/mol. The van der Waals surface area contributed by atoms with E-state index in [1.165, 1.54) is 6.92 Å². The zero-order chi connectivity index (χ0) is 17.0. The number of carbonyl (C=O) groups excluding carboxylic acids is 2. The highest BCUT2D eigenvalue weighted by atomic mass is 16.6. The van der Waals surface area contributed by atoms with Gasteiger partial charge in [0, 0.05) is 18.2 Å². The number of hydrogen-bond acceptors (Lipinski definition) is 7. The van der Waals surface area contributed by atoms with Gasteiger partial charge in [-0.2, -0.15) is 0 Å². The Bertz CT molecular complexity index is 360. The van der Waals surface area contributed by atoms with Crippen LogP contribution in [0.5, 0.6) is 0 Å². The fraction of sp³-hybridized carbons (Fsp3) is 0.733. The summed E-state index contributed by atoms with van der Waals surface area (Å²) in [6.45, 7) is 7.64. The Hall–Kier alpha value is -1.44. The first-order valence-electron chi connectivity index (χ1n) is 7.50. The molecule has 2 atom stereocenters. The summed E-state index contributed by atoms with van der Waals surface area (Å²) in [5.74, 6) is -1.000. The van der Waals surface area contributed by atoms with E-state index in [1.54, 1.807) is 0 Å². The van der Waals surface area contributed by atoms with Crippen molar-refractivity contribution in [2.45, 2.75) is 45.3 Å². The molecule has 0 radical (unpaired) electrons. The highest BCUT2D eigenvalue weighted by molar-refractivity contribution is 5.86. The third-order valence-electron chi connectivity index (χ3n) is 2.96. The van der Waals surface area contributed by atoms with Crippen molar-refractivity contribution >= 4 is 11.9 Å². The number of hydrogen-bond donors (Lipinski definition) is 3. The van der Waals surface area contributed by atoms with E-state index >= 15 is 0 Å². The first-order valence-corrected chi connectivity index (χ1v) is 7.50. The predicted molar refractivity (Wildman–Crippen MR) is 83.1 cm³/mol. The van der Waals surface area contributed by atoms with Gasteiger partial charge < -0.3 is 25.6 Å². The van der Waals surface area contributed by atoms with Crippen LogP contribution in [0.4, 0.5) is 0 Å². The van der Waals surface area contributed by atoms with E-state index in [1.807, 2.05) is 6.92 Å². The summed E-state index contributed by atoms with van der Waals surface area (Å²) in [4.78, 5) is 22.6. The molecule has 0 aliphatic rings. The van der Waals surface area contributed by atoms with E-state index in [0.29, 0.717) is 19.1 Å². The van der Waals surface area contributed by atoms with Gasteiger partial charge in [0.1, 0.15) is 19.3 Å². The lowest BCUT2D eigenvalue weighted by Gasteiger charge is -2.16. The molecule has 0 aromatic heterocycles. The molecule has 4 N–H and O–H groups in total. The Morgan fingerprint density at radius 2 is 1.95 bits per heavy atom. The quantitative estimate of drug-likeness (QED) is 0.346. The summed E-state index contributed by atoms with van der Waals surface area (Å²) in [7, 11) is 0. The molecule has 128 valence electrons. The third-order valence-corrected chi connectivity index (χ3v) is 2.96. The van der Waals surface area contributed by atoms with Crippen LogP contribution in [0.25, 0.3) is 0 Å². The van der Waals surface area contributed by atoms with Gasteiger partial charge in [0.15, 0.2) is 0 Å². The zero-order valence-corrected chi connectivity index (χ0v) is 13.5. The maximum absolute atomic E-state index is 11.5. The second kappa shape index (κ2) is 12.1. The Morgan fingerprint density at radius 1 is 1.32 bits per heavy atom. The Kier molecular flexibility index (Phi) is 11.3. The second-order valence-electron chi connectivity index (χ2n) is 5.10. The van der Waals surface area contributed by atoms with Crippen LogP contribution in [-0.2, 0) is 19.1 Å². The van der Waals surface area contributed by atoms with E-state index < -0.39 is 18.0 Å². The largest absolute Gasteiger partial charge is 0.463 e. The number of ether oxygens (including phenoxy) is 2. The number of carbonyl (C=O) groups is 2. The predicted octanol–water partition coefficient (Wildman–Crippen LogP) is 0.117. The fourth-order valence-corrected chi connectivity index (χ4v) is 1.63. The summed E-state index contributed by atoms with van der Waals surface area (Å²) < 4.78 is 9.65. The lowest BCUT2D eigenvalue weighted by Crippen LogP contribution is -2.33. The van der Waals surface area contributed by atoms with Crippen LogP contribution in [-0.4, -0.2) is 55.5 Å². The summed E-state index contributed by atoms with van der Waals surface area (Å²) in [5.41, 5.74) is 5.73. The van der Waals surface area contributed by atoms with Crippen LogP contribution in [0.1, 0.15) is 33.1 Å². The van der Waals surface area contributed by atoms with Crippen molar-refractivity contribution < 1.29 is 24.2 Å². The van der Waals surface area contributed by atoms with Gasteiger partial charge in [-0.3, -0.25) is 4.79 Å². The van der Waals surface area contributed by atoms with Crippen molar-refractivity contribution in [3.05, 3.63) is 12.2 Å². The minimum Gasteiger partial charge on any atom is -0.463 e. The van der Waals surface area contributed by atoms with Crippen molar-refractivity contribution in [2.75, 3.05) is 26.3 Å². The minimum atomic E-state index is -1.04. The van der Waals surface area contributed by atoms with E-state index in [9.17, 15) is 14.7 Å². The topological polar surface area (TPSA) is 111 Å². The summed E-state index contributed by atoms with van der Waals surface area (Å²) in [6, 6.07) is 0.296. The minimum absolute atomic E-state index is 0.206. The first kappa shape index (κ1) is 20.6. The maximum Gasteiger partial charge on any atom is 0.333 e. The van der Waals surface area contributed by atoms with E-state index in [2.05, 4.69) is 11.9 Å². The third kappa shape index (κ3) is 10.3. The van der Waals surface area contributed by atoms with E-state index in [-0.39, 0.29) is 25.2 Å². The van der Waals surface area contributed by atoms with Crippen molar-refractivity contribution in [3.63, 3.8) is 0 Å². The summed E-state index contributed by atoms with van der Waals surface area (Å²) in [6.07, 6.45) is 0.970. The number of esters is 2. The monoisotopic (exact) mass is 316 g/mol. The van der Waals surface area contributed by atoms with Gasteiger partial charge in [-0.25, -0.2) is 4.79 Å². The molecule has 0 aliphatic carbocycles. The first-order chi connectivity index (χ1) is 10.4. The molecule has 7 heteroatoms. The van der Waals surface area contributed by atoms with Crippen LogP contribution in [0.15, 0.2) is 12.2 Å². The molecule has 0 heterocycles. The second-order valence-corrected chi connectivity index (χ2v) is 5.10. The SMILES string of the molecule is C=C(C)C(=O)OCC(O)COC(=O)CCNC(CC)CCN. The molecular weight excluding hydrogens is 288 g/mol. The highest BCUT2D eigenvalue weighted by Gasteiger charge is 2.12. The Labute approximate surface area is 131 Å². The smallest absolute Gasteiger partial charge is 0.333 e. The molecule has 0 saturated carbocycles. The van der Waals surface area contributed by atoms with Crippen LogP contribution < -0.4 is 11.1 Å². The molecule has 0 saturated heterocycles. The number of aliphatic hydroxyl groups is 1. The van der Waals surface area contributed by atoms with Crippen molar-refractivity contribution in [1.82, 2.24) is 5.32 Å². The van der Waals surface area contributed by atoms with Gasteiger partial charge >= 0.3 is 11.9 Å². The molecule has 0 aliphatic heterocycles. The number of nitrogens with one attached hydrogen (secondary N) is 1. The average Bonchev–Trinajstić information content (AvgIpc) is 2.49. The molecule has 2 unspecified atom stereocenters. The Morgan fingerprint density at radius 3 is 2.50 bits per heavy atom.